The Morgan fingerprint density at radius 1 is 1.39 bits per heavy atom. The molecule has 0 aromatic rings. The van der Waals surface area contributed by atoms with E-state index in [1.54, 1.807) is 0 Å². The van der Waals surface area contributed by atoms with Crippen molar-refractivity contribution in [3.05, 3.63) is 23.8 Å². The van der Waals surface area contributed by atoms with Crippen LogP contribution in [-0.4, -0.2) is 11.1 Å². The van der Waals surface area contributed by atoms with Crippen molar-refractivity contribution in [2.24, 2.45) is 22.7 Å². The van der Waals surface area contributed by atoms with Gasteiger partial charge in [0.1, 0.15) is 0 Å². The van der Waals surface area contributed by atoms with Gasteiger partial charge in [0.2, 0.25) is 0 Å². The molecule has 0 aliphatic heterocycles. The number of carboxylic acids is 1. The fourth-order valence-electron chi connectivity index (χ4n) is 5.56. The first-order valence-corrected chi connectivity index (χ1v) is 9.32. The summed E-state index contributed by atoms with van der Waals surface area (Å²) >= 11 is 0. The highest BCUT2D eigenvalue weighted by atomic mass is 16.4. The topological polar surface area (TPSA) is 37.3 Å². The molecule has 1 N–H and O–H groups in total. The second-order valence-corrected chi connectivity index (χ2v) is 8.38. The summed E-state index contributed by atoms with van der Waals surface area (Å²) in [5, 5.41) is 9.86. The molecule has 0 bridgehead atoms. The summed E-state index contributed by atoms with van der Waals surface area (Å²) in [6.45, 7) is 13.1. The largest absolute Gasteiger partial charge is 0.481 e. The molecule has 0 saturated heterocycles. The molecule has 2 aliphatic carbocycles. The molecule has 0 unspecified atom stereocenters. The zero-order chi connectivity index (χ0) is 17.3. The van der Waals surface area contributed by atoms with Crippen LogP contribution in [-0.2, 0) is 4.79 Å². The maximum atomic E-state index is 12.0. The van der Waals surface area contributed by atoms with Gasteiger partial charge in [0, 0.05) is 0 Å². The van der Waals surface area contributed by atoms with Crippen molar-refractivity contribution in [1.82, 2.24) is 0 Å². The normalized spacial score (nSPS) is 38.3. The molecule has 2 aliphatic rings. The van der Waals surface area contributed by atoms with Crippen LogP contribution >= 0.6 is 0 Å². The standard InChI is InChI=1S/C21H34O2/c1-6-8-15(2)9-11-17-16(3)10-12-18-20(17,4)13-7-14-21(18,5)19(22)23/h8,17-18H,3,6-7,9-14H2,1-2,4-5H3,(H,22,23)/b15-8+/t17-,18+,20+,21-/m0/s1. The lowest BCUT2D eigenvalue weighted by Crippen LogP contribution is -2.53. The second-order valence-electron chi connectivity index (χ2n) is 8.38. The predicted molar refractivity (Wildman–Crippen MR) is 96.3 cm³/mol. The molecule has 2 rings (SSSR count). The Bertz CT molecular complexity index is 504. The van der Waals surface area contributed by atoms with Gasteiger partial charge in [0.15, 0.2) is 0 Å². The molecule has 4 atom stereocenters. The first-order chi connectivity index (χ1) is 10.8. The Morgan fingerprint density at radius 2 is 2.09 bits per heavy atom. The van der Waals surface area contributed by atoms with Gasteiger partial charge in [0.05, 0.1) is 5.41 Å². The molecular formula is C21H34O2. The maximum absolute atomic E-state index is 12.0. The van der Waals surface area contributed by atoms with Crippen molar-refractivity contribution >= 4 is 5.97 Å². The third-order valence-electron chi connectivity index (χ3n) is 6.89. The van der Waals surface area contributed by atoms with E-state index in [0.29, 0.717) is 5.92 Å². The Kier molecular flexibility index (Phi) is 5.43. The summed E-state index contributed by atoms with van der Waals surface area (Å²) < 4.78 is 0. The summed E-state index contributed by atoms with van der Waals surface area (Å²) in [6.07, 6.45) is 10.7. The molecule has 2 nitrogen and oxygen atoms in total. The van der Waals surface area contributed by atoms with Crippen LogP contribution in [0.4, 0.5) is 0 Å². The molecule has 2 heteroatoms. The molecule has 130 valence electrons. The predicted octanol–water partition coefficient (Wildman–Crippen LogP) is 5.99. The van der Waals surface area contributed by atoms with Crippen LogP contribution < -0.4 is 0 Å². The maximum Gasteiger partial charge on any atom is 0.309 e. The van der Waals surface area contributed by atoms with Gasteiger partial charge in [-0.3, -0.25) is 4.79 Å². The highest BCUT2D eigenvalue weighted by Crippen LogP contribution is 2.62. The van der Waals surface area contributed by atoms with Crippen molar-refractivity contribution in [2.75, 3.05) is 0 Å². The van der Waals surface area contributed by atoms with Gasteiger partial charge in [-0.05, 0) is 76.0 Å². The number of rotatable bonds is 5. The van der Waals surface area contributed by atoms with Crippen LogP contribution in [0.25, 0.3) is 0 Å². The smallest absolute Gasteiger partial charge is 0.309 e. The number of carboxylic acid groups (broad SMARTS) is 1. The molecule has 0 heterocycles. The van der Waals surface area contributed by atoms with Gasteiger partial charge in [-0.25, -0.2) is 0 Å². The summed E-state index contributed by atoms with van der Waals surface area (Å²) in [6, 6.07) is 0. The zero-order valence-corrected chi connectivity index (χ0v) is 15.5. The molecular weight excluding hydrogens is 284 g/mol. The van der Waals surface area contributed by atoms with Crippen molar-refractivity contribution in [2.45, 2.75) is 79.1 Å². The average Bonchev–Trinajstić information content (AvgIpc) is 2.46. The Morgan fingerprint density at radius 3 is 2.70 bits per heavy atom. The van der Waals surface area contributed by atoms with Crippen LogP contribution in [0.3, 0.4) is 0 Å². The zero-order valence-electron chi connectivity index (χ0n) is 15.5. The number of allylic oxidation sites excluding steroid dienone is 3. The van der Waals surface area contributed by atoms with E-state index >= 15 is 0 Å². The van der Waals surface area contributed by atoms with E-state index in [4.69, 9.17) is 0 Å². The number of carbonyl (C=O) groups is 1. The fraction of sp³-hybridized carbons (Fsp3) is 0.762. The summed E-state index contributed by atoms with van der Waals surface area (Å²) in [4.78, 5) is 12.0. The molecule has 0 amide bonds. The van der Waals surface area contributed by atoms with Crippen molar-refractivity contribution in [3.63, 3.8) is 0 Å². The van der Waals surface area contributed by atoms with E-state index in [-0.39, 0.29) is 11.3 Å². The lowest BCUT2D eigenvalue weighted by molar-refractivity contribution is -0.164. The van der Waals surface area contributed by atoms with E-state index < -0.39 is 11.4 Å². The van der Waals surface area contributed by atoms with E-state index in [1.807, 2.05) is 6.92 Å². The molecule has 2 saturated carbocycles. The Labute approximate surface area is 142 Å². The van der Waals surface area contributed by atoms with Crippen LogP contribution in [0.5, 0.6) is 0 Å². The minimum absolute atomic E-state index is 0.104. The minimum atomic E-state index is -0.596. The van der Waals surface area contributed by atoms with Crippen LogP contribution in [0.15, 0.2) is 23.8 Å². The van der Waals surface area contributed by atoms with E-state index in [9.17, 15) is 9.90 Å². The Hall–Kier alpha value is -1.05. The van der Waals surface area contributed by atoms with Gasteiger partial charge >= 0.3 is 5.97 Å². The van der Waals surface area contributed by atoms with Crippen molar-refractivity contribution in [3.8, 4) is 0 Å². The Balaban J connectivity index is 2.26. The van der Waals surface area contributed by atoms with Gasteiger partial charge < -0.3 is 5.11 Å². The molecule has 0 spiro atoms. The molecule has 0 radical (unpaired) electrons. The van der Waals surface area contributed by atoms with Gasteiger partial charge in [-0.1, -0.05) is 44.1 Å². The van der Waals surface area contributed by atoms with Crippen LogP contribution in [0.1, 0.15) is 79.1 Å². The number of aliphatic carboxylic acids is 1. The summed E-state index contributed by atoms with van der Waals surface area (Å²) in [5.74, 6) is 0.161. The third-order valence-corrected chi connectivity index (χ3v) is 6.89. The monoisotopic (exact) mass is 318 g/mol. The summed E-state index contributed by atoms with van der Waals surface area (Å²) in [7, 11) is 0. The molecule has 23 heavy (non-hydrogen) atoms. The highest BCUT2D eigenvalue weighted by Gasteiger charge is 2.57. The summed E-state index contributed by atoms with van der Waals surface area (Å²) in [5.41, 5.74) is 2.37. The third kappa shape index (κ3) is 3.27. The van der Waals surface area contributed by atoms with E-state index in [1.165, 1.54) is 11.1 Å². The minimum Gasteiger partial charge on any atom is -0.481 e. The molecule has 0 aromatic carbocycles. The average molecular weight is 319 g/mol. The van der Waals surface area contributed by atoms with Gasteiger partial charge in [-0.2, -0.15) is 0 Å². The second kappa shape index (κ2) is 6.83. The quantitative estimate of drug-likeness (QED) is 0.632. The first kappa shape index (κ1) is 18.3. The van der Waals surface area contributed by atoms with Crippen molar-refractivity contribution < 1.29 is 9.90 Å². The van der Waals surface area contributed by atoms with E-state index in [2.05, 4.69) is 33.4 Å². The first-order valence-electron chi connectivity index (χ1n) is 9.32. The molecule has 0 aromatic heterocycles. The lowest BCUT2D eigenvalue weighted by Gasteiger charge is -2.57. The lowest BCUT2D eigenvalue weighted by atomic mass is 9.46. The number of hydrogen-bond donors (Lipinski definition) is 1. The van der Waals surface area contributed by atoms with Gasteiger partial charge in [0.25, 0.3) is 0 Å². The number of hydrogen-bond acceptors (Lipinski definition) is 1. The van der Waals surface area contributed by atoms with Gasteiger partial charge in [-0.15, -0.1) is 0 Å². The van der Waals surface area contributed by atoms with Crippen LogP contribution in [0, 0.1) is 22.7 Å². The van der Waals surface area contributed by atoms with Crippen molar-refractivity contribution in [1.29, 1.82) is 0 Å². The SMILES string of the molecule is C=C1CC[C@@H]2[C@](C)(CCC[C@]2(C)C(=O)O)[C@H]1CC/C(C)=C/CC. The van der Waals surface area contributed by atoms with Crippen LogP contribution in [0.2, 0.25) is 0 Å². The molecule has 2 fully saturated rings. The van der Waals surface area contributed by atoms with E-state index in [0.717, 1.165) is 51.4 Å². The fourth-order valence-corrected chi connectivity index (χ4v) is 5.56. The number of fused-ring (bicyclic) bond motifs is 1. The highest BCUT2D eigenvalue weighted by molar-refractivity contribution is 5.75.